The van der Waals surface area contributed by atoms with Gasteiger partial charge in [-0.25, -0.2) is 0 Å². The second kappa shape index (κ2) is 8.82. The normalized spacial score (nSPS) is 4.20. The van der Waals surface area contributed by atoms with E-state index in [4.69, 9.17) is 6.42 Å². The second-order valence-electron chi connectivity index (χ2n) is 0.454. The van der Waals surface area contributed by atoms with Crippen molar-refractivity contribution >= 4 is 0 Å². The van der Waals surface area contributed by atoms with Crippen LogP contribution in [-0.2, 0) is 18.3 Å². The summed E-state index contributed by atoms with van der Waals surface area (Å²) < 4.78 is 0. The maximum atomic E-state index is 4.81. The predicted molar refractivity (Wildman–Crippen MR) is 13.6 cm³/mol. The Balaban J connectivity index is 0. The van der Waals surface area contributed by atoms with Crippen LogP contribution in [0.15, 0.2) is 0 Å². The van der Waals surface area contributed by atoms with Gasteiger partial charge < -0.3 is 17.0 Å². The van der Waals surface area contributed by atoms with Gasteiger partial charge in [0.15, 0.2) is 0 Å². The summed E-state index contributed by atoms with van der Waals surface area (Å²) in [6, 6.07) is 0. The Kier molecular flexibility index (Phi) is 16.2. The van der Waals surface area contributed by atoms with E-state index in [2.05, 4.69) is 5.92 Å². The summed E-state index contributed by atoms with van der Waals surface area (Å²) in [5.74, 6) is 2.49. The molecule has 0 aromatic rings. The van der Waals surface area contributed by atoms with Crippen molar-refractivity contribution in [3.63, 3.8) is 0 Å². The van der Waals surface area contributed by atoms with E-state index in [1.54, 1.807) is 0 Å². The van der Waals surface area contributed by atoms with E-state index in [9.17, 15) is 0 Å². The average Bonchev–Trinajstić information content (AvgIpc) is 1.37. The van der Waals surface area contributed by atoms with Crippen molar-refractivity contribution in [3.8, 4) is 12.3 Å². The van der Waals surface area contributed by atoms with Crippen molar-refractivity contribution in [2.75, 3.05) is 0 Å². The van der Waals surface area contributed by atoms with Crippen LogP contribution in [0.5, 0.6) is 0 Å². The molecule has 0 saturated heterocycles. The fraction of sp³-hybridized carbons (Fsp3) is 0.333. The molecule has 0 heterocycles. The molecule has 0 atom stereocenters. The smallest absolute Gasteiger partial charge is 1.00 e. The minimum atomic E-state index is 0. The predicted octanol–water partition coefficient (Wildman–Crippen LogP) is -2.41. The Morgan fingerprint density at radius 2 is 2.00 bits per heavy atom. The van der Waals surface area contributed by atoms with Gasteiger partial charge in [0.2, 0.25) is 0 Å². The largest absolute Gasteiger partial charge is 1.00 e. The number of terminal acetylenes is 1. The summed E-state index contributed by atoms with van der Waals surface area (Å²) in [5.41, 5.74) is 0. The van der Waals surface area contributed by atoms with Crippen LogP contribution in [0.1, 0.15) is 0 Å². The van der Waals surface area contributed by atoms with Crippen LogP contribution in [0.25, 0.3) is 0 Å². The summed E-state index contributed by atoms with van der Waals surface area (Å²) in [4.78, 5) is 0. The molecule has 5 heavy (non-hydrogen) atoms. The molecule has 0 radical (unpaired) electrons. The average molecular weight is 184 g/mol. The Morgan fingerprint density at radius 3 is 2.00 bits per heavy atom. The van der Waals surface area contributed by atoms with Crippen molar-refractivity contribution < 1.29 is 35.3 Å². The summed E-state index contributed by atoms with van der Waals surface area (Å²) >= 11 is 1.23. The first kappa shape index (κ1) is 9.18. The molecular formula is C3H3BrZn. The van der Waals surface area contributed by atoms with Gasteiger partial charge in [0, 0.05) is 0 Å². The molecule has 0 saturated carbocycles. The van der Waals surface area contributed by atoms with Gasteiger partial charge in [0.1, 0.15) is 0 Å². The zero-order valence-corrected chi connectivity index (χ0v) is 7.42. The van der Waals surface area contributed by atoms with Crippen LogP contribution in [-0.4, -0.2) is 0 Å². The summed E-state index contributed by atoms with van der Waals surface area (Å²) in [5, 5.41) is 0.972. The van der Waals surface area contributed by atoms with E-state index < -0.39 is 0 Å². The molecule has 0 bridgehead atoms. The molecule has 0 aliphatic carbocycles. The van der Waals surface area contributed by atoms with E-state index in [1.165, 1.54) is 18.3 Å². The van der Waals surface area contributed by atoms with Gasteiger partial charge in [-0.2, -0.15) is 0 Å². The SMILES string of the molecule is C#C[CH2][Zn+].[Br-]. The zero-order chi connectivity index (χ0) is 3.41. The quantitative estimate of drug-likeness (QED) is 0.291. The minimum absolute atomic E-state index is 0. The van der Waals surface area contributed by atoms with Gasteiger partial charge in [-0.15, -0.1) is 0 Å². The van der Waals surface area contributed by atoms with Crippen molar-refractivity contribution in [2.24, 2.45) is 0 Å². The third kappa shape index (κ3) is 12.0. The number of hydrogen-bond acceptors (Lipinski definition) is 0. The van der Waals surface area contributed by atoms with Crippen LogP contribution in [0.2, 0.25) is 5.02 Å². The number of hydrogen-bond donors (Lipinski definition) is 0. The van der Waals surface area contributed by atoms with Gasteiger partial charge in [-0.1, -0.05) is 0 Å². The Labute approximate surface area is 52.8 Å². The molecular weight excluding hydrogens is 181 g/mol. The van der Waals surface area contributed by atoms with Crippen molar-refractivity contribution in [1.29, 1.82) is 0 Å². The first-order chi connectivity index (χ1) is 1.91. The Hall–Kier alpha value is 0.663. The van der Waals surface area contributed by atoms with Crippen LogP contribution in [0.4, 0.5) is 0 Å². The first-order valence-corrected chi connectivity index (χ1v) is 3.24. The van der Waals surface area contributed by atoms with Gasteiger partial charge in [-0.3, -0.25) is 0 Å². The van der Waals surface area contributed by atoms with Gasteiger partial charge in [-0.05, 0) is 0 Å². The van der Waals surface area contributed by atoms with E-state index in [0.717, 1.165) is 5.02 Å². The Bertz CT molecular complexity index is 36.6. The molecule has 0 aliphatic rings. The molecule has 0 unspecified atom stereocenters. The molecule has 2 heteroatoms. The molecule has 0 aromatic carbocycles. The van der Waals surface area contributed by atoms with Crippen LogP contribution in [0.3, 0.4) is 0 Å². The van der Waals surface area contributed by atoms with Gasteiger partial charge >= 0.3 is 35.7 Å². The van der Waals surface area contributed by atoms with E-state index >= 15 is 0 Å². The van der Waals surface area contributed by atoms with Crippen LogP contribution >= 0.6 is 0 Å². The first-order valence-electron chi connectivity index (χ1n) is 1.14. The fourth-order valence-electron chi connectivity index (χ4n) is 0. The molecule has 24 valence electrons. The maximum Gasteiger partial charge on any atom is -1.00 e. The zero-order valence-electron chi connectivity index (χ0n) is 2.87. The molecule has 0 rings (SSSR count). The third-order valence-corrected chi connectivity index (χ3v) is 0.750. The van der Waals surface area contributed by atoms with E-state index in [-0.39, 0.29) is 17.0 Å². The molecule has 0 aromatic heterocycles. The second-order valence-corrected chi connectivity index (χ2v) is 1.50. The maximum absolute atomic E-state index is 4.81. The standard InChI is InChI=1S/C3H3.BrH.Zn/c1-3-2;;/h1H,2H2;1H;/q;;+1/p-1. The molecule has 0 spiro atoms. The van der Waals surface area contributed by atoms with Crippen LogP contribution < -0.4 is 17.0 Å². The number of rotatable bonds is 0. The van der Waals surface area contributed by atoms with Crippen LogP contribution in [0, 0.1) is 12.3 Å². The van der Waals surface area contributed by atoms with Gasteiger partial charge in [0.25, 0.3) is 0 Å². The minimum Gasteiger partial charge on any atom is -1.00 e. The van der Waals surface area contributed by atoms with Gasteiger partial charge in [0.05, 0.1) is 0 Å². The van der Waals surface area contributed by atoms with Crippen molar-refractivity contribution in [1.82, 2.24) is 0 Å². The third-order valence-electron chi connectivity index (χ3n) is 0.144. The number of halogens is 1. The summed E-state index contributed by atoms with van der Waals surface area (Å²) in [7, 11) is 0. The Morgan fingerprint density at radius 1 is 1.80 bits per heavy atom. The van der Waals surface area contributed by atoms with E-state index in [0.29, 0.717) is 0 Å². The fourth-order valence-corrected chi connectivity index (χ4v) is 0. The summed E-state index contributed by atoms with van der Waals surface area (Å²) in [6.45, 7) is 0. The molecule has 0 aliphatic heterocycles. The monoisotopic (exact) mass is 182 g/mol. The van der Waals surface area contributed by atoms with E-state index in [1.807, 2.05) is 0 Å². The molecule has 0 fully saturated rings. The molecule has 0 amide bonds. The van der Waals surface area contributed by atoms with Crippen molar-refractivity contribution in [2.45, 2.75) is 5.02 Å². The molecule has 0 N–H and O–H groups in total. The van der Waals surface area contributed by atoms with Crippen molar-refractivity contribution in [3.05, 3.63) is 0 Å². The summed E-state index contributed by atoms with van der Waals surface area (Å²) in [6.07, 6.45) is 4.81. The molecule has 0 nitrogen and oxygen atoms in total. The topological polar surface area (TPSA) is 0 Å².